The third-order valence-electron chi connectivity index (χ3n) is 3.83. The molecule has 2 amide bonds. The van der Waals surface area contributed by atoms with Gasteiger partial charge >= 0.3 is 6.03 Å². The number of aromatic nitrogens is 1. The fourth-order valence-electron chi connectivity index (χ4n) is 2.21. The van der Waals surface area contributed by atoms with Crippen molar-refractivity contribution in [1.29, 1.82) is 0 Å². The van der Waals surface area contributed by atoms with Gasteiger partial charge in [-0.15, -0.1) is 0 Å². The molecule has 0 aliphatic rings. The second-order valence-corrected chi connectivity index (χ2v) is 6.59. The molecular weight excluding hydrogens is 278 g/mol. The van der Waals surface area contributed by atoms with Gasteiger partial charge < -0.3 is 20.3 Å². The molecule has 1 unspecified atom stereocenters. The zero-order valence-corrected chi connectivity index (χ0v) is 13.7. The molecule has 1 atom stereocenters. The van der Waals surface area contributed by atoms with E-state index in [2.05, 4.69) is 28.2 Å². The minimum absolute atomic E-state index is 0.225. The zero-order chi connectivity index (χ0) is 16.3. The third-order valence-corrected chi connectivity index (χ3v) is 3.83. The lowest BCUT2D eigenvalue weighted by Gasteiger charge is -2.25. The van der Waals surface area contributed by atoms with Crippen LogP contribution < -0.4 is 10.6 Å². The van der Waals surface area contributed by atoms with Crippen molar-refractivity contribution < 1.29 is 9.90 Å². The maximum atomic E-state index is 11.9. The second-order valence-electron chi connectivity index (χ2n) is 6.59. The molecule has 5 heteroatoms. The number of anilines is 1. The van der Waals surface area contributed by atoms with Gasteiger partial charge in [-0.2, -0.15) is 0 Å². The molecule has 22 heavy (non-hydrogen) atoms. The lowest BCUT2D eigenvalue weighted by molar-refractivity contribution is 0.0654. The van der Waals surface area contributed by atoms with Crippen molar-refractivity contribution in [3.05, 3.63) is 30.5 Å². The van der Waals surface area contributed by atoms with Gasteiger partial charge in [-0.1, -0.05) is 26.8 Å². The number of benzene rings is 1. The molecule has 0 spiro atoms. The number of nitrogens with zero attached hydrogens (tertiary/aromatic N) is 1. The van der Waals surface area contributed by atoms with Crippen LogP contribution in [0.2, 0.25) is 0 Å². The summed E-state index contributed by atoms with van der Waals surface area (Å²) in [6.45, 7) is 9.00. The number of urea groups is 1. The summed E-state index contributed by atoms with van der Waals surface area (Å²) in [5.41, 5.74) is 1.58. The SMILES string of the molecule is CCn1ccc2ccc(NC(=O)NCC(O)C(C)(C)C)cc21. The van der Waals surface area contributed by atoms with Crippen LogP contribution in [0.25, 0.3) is 10.9 Å². The maximum Gasteiger partial charge on any atom is 0.319 e. The number of carbonyl (C=O) groups is 1. The summed E-state index contributed by atoms with van der Waals surface area (Å²) in [4.78, 5) is 11.9. The quantitative estimate of drug-likeness (QED) is 0.812. The Morgan fingerprint density at radius 2 is 2.05 bits per heavy atom. The first-order valence-corrected chi connectivity index (χ1v) is 7.63. The van der Waals surface area contributed by atoms with Gasteiger partial charge in [0, 0.05) is 25.0 Å². The predicted molar refractivity (Wildman–Crippen MR) is 90.1 cm³/mol. The maximum absolute atomic E-state index is 11.9. The van der Waals surface area contributed by atoms with Crippen molar-refractivity contribution in [3.8, 4) is 0 Å². The van der Waals surface area contributed by atoms with Gasteiger partial charge in [0.25, 0.3) is 0 Å². The number of carbonyl (C=O) groups excluding carboxylic acids is 1. The summed E-state index contributed by atoms with van der Waals surface area (Å²) in [5.74, 6) is 0. The average molecular weight is 303 g/mol. The second kappa shape index (κ2) is 6.40. The van der Waals surface area contributed by atoms with Gasteiger partial charge in [-0.25, -0.2) is 4.79 Å². The van der Waals surface area contributed by atoms with Gasteiger partial charge in [-0.3, -0.25) is 0 Å². The lowest BCUT2D eigenvalue weighted by Crippen LogP contribution is -2.40. The van der Waals surface area contributed by atoms with Crippen molar-refractivity contribution in [1.82, 2.24) is 9.88 Å². The molecule has 0 aliphatic heterocycles. The van der Waals surface area contributed by atoms with E-state index in [1.165, 1.54) is 0 Å². The first-order chi connectivity index (χ1) is 10.3. The Balaban J connectivity index is 1.99. The molecule has 2 rings (SSSR count). The normalized spacial score (nSPS) is 13.1. The smallest absolute Gasteiger partial charge is 0.319 e. The Morgan fingerprint density at radius 1 is 1.32 bits per heavy atom. The van der Waals surface area contributed by atoms with Crippen LogP contribution in [0.5, 0.6) is 0 Å². The third kappa shape index (κ3) is 3.80. The van der Waals surface area contributed by atoms with E-state index < -0.39 is 6.10 Å². The van der Waals surface area contributed by atoms with Crippen LogP contribution in [0.4, 0.5) is 10.5 Å². The summed E-state index contributed by atoms with van der Waals surface area (Å²) in [7, 11) is 0. The fourth-order valence-corrected chi connectivity index (χ4v) is 2.21. The molecule has 0 fully saturated rings. The number of hydrogen-bond acceptors (Lipinski definition) is 2. The molecule has 0 saturated carbocycles. The molecule has 0 radical (unpaired) electrons. The standard InChI is InChI=1S/C17H25N3O2/c1-5-20-9-8-12-6-7-13(10-14(12)20)19-16(22)18-11-15(21)17(2,3)4/h6-10,15,21H,5,11H2,1-4H3,(H2,18,19,22). The van der Waals surface area contributed by atoms with E-state index in [0.717, 1.165) is 23.1 Å². The molecule has 0 saturated heterocycles. The van der Waals surface area contributed by atoms with Crippen LogP contribution in [0.15, 0.2) is 30.5 Å². The highest BCUT2D eigenvalue weighted by Crippen LogP contribution is 2.21. The van der Waals surface area contributed by atoms with Crippen molar-refractivity contribution in [2.45, 2.75) is 40.3 Å². The summed E-state index contributed by atoms with van der Waals surface area (Å²) in [6, 6.07) is 7.57. The molecule has 1 aromatic carbocycles. The number of aliphatic hydroxyl groups is 1. The van der Waals surface area contributed by atoms with E-state index in [4.69, 9.17) is 0 Å². The highest BCUT2D eigenvalue weighted by molar-refractivity contribution is 5.92. The number of hydrogen-bond donors (Lipinski definition) is 3. The first-order valence-electron chi connectivity index (χ1n) is 7.63. The Labute approximate surface area is 131 Å². The Morgan fingerprint density at radius 3 is 2.68 bits per heavy atom. The van der Waals surface area contributed by atoms with Gasteiger partial charge in [-0.05, 0) is 35.9 Å². The van der Waals surface area contributed by atoms with Crippen LogP contribution in [-0.4, -0.2) is 28.4 Å². The van der Waals surface area contributed by atoms with Gasteiger partial charge in [0.15, 0.2) is 0 Å². The van der Waals surface area contributed by atoms with Crippen LogP contribution in [0.3, 0.4) is 0 Å². The summed E-state index contributed by atoms with van der Waals surface area (Å²) in [6.07, 6.45) is 1.45. The number of amides is 2. The molecule has 3 N–H and O–H groups in total. The van der Waals surface area contributed by atoms with Crippen molar-refractivity contribution >= 4 is 22.6 Å². The van der Waals surface area contributed by atoms with E-state index in [-0.39, 0.29) is 18.0 Å². The number of aliphatic hydroxyl groups excluding tert-OH is 1. The number of nitrogens with one attached hydrogen (secondary N) is 2. The Bertz CT molecular complexity index is 655. The van der Waals surface area contributed by atoms with E-state index in [1.54, 1.807) is 0 Å². The molecule has 1 aromatic heterocycles. The predicted octanol–water partition coefficient (Wildman–Crippen LogP) is 3.19. The fraction of sp³-hybridized carbons (Fsp3) is 0.471. The molecule has 5 nitrogen and oxygen atoms in total. The topological polar surface area (TPSA) is 66.3 Å². The molecule has 0 aliphatic carbocycles. The van der Waals surface area contributed by atoms with Gasteiger partial charge in [0.05, 0.1) is 11.6 Å². The Kier molecular flexibility index (Phi) is 4.76. The van der Waals surface area contributed by atoms with E-state index in [1.807, 2.05) is 45.2 Å². The summed E-state index contributed by atoms with van der Waals surface area (Å²) >= 11 is 0. The largest absolute Gasteiger partial charge is 0.391 e. The molecule has 1 heterocycles. The molecular formula is C17H25N3O2. The van der Waals surface area contributed by atoms with Gasteiger partial charge in [0.1, 0.15) is 0 Å². The monoisotopic (exact) mass is 303 g/mol. The van der Waals surface area contributed by atoms with Crippen molar-refractivity contribution in [3.63, 3.8) is 0 Å². The minimum Gasteiger partial charge on any atom is -0.391 e. The zero-order valence-electron chi connectivity index (χ0n) is 13.7. The van der Waals surface area contributed by atoms with Crippen LogP contribution >= 0.6 is 0 Å². The summed E-state index contributed by atoms with van der Waals surface area (Å²) < 4.78 is 2.13. The van der Waals surface area contributed by atoms with Crippen LogP contribution in [-0.2, 0) is 6.54 Å². The van der Waals surface area contributed by atoms with Crippen LogP contribution in [0.1, 0.15) is 27.7 Å². The molecule has 120 valence electrons. The number of fused-ring (bicyclic) bond motifs is 1. The summed E-state index contributed by atoms with van der Waals surface area (Å²) in [5, 5.41) is 16.6. The molecule has 0 bridgehead atoms. The van der Waals surface area contributed by atoms with Gasteiger partial charge in [0.2, 0.25) is 0 Å². The number of rotatable bonds is 4. The lowest BCUT2D eigenvalue weighted by atomic mass is 9.89. The average Bonchev–Trinajstić information content (AvgIpc) is 2.86. The van der Waals surface area contributed by atoms with E-state index in [0.29, 0.717) is 0 Å². The first kappa shape index (κ1) is 16.4. The number of aryl methyl sites for hydroxylation is 1. The van der Waals surface area contributed by atoms with Crippen LogP contribution in [0, 0.1) is 5.41 Å². The van der Waals surface area contributed by atoms with E-state index in [9.17, 15) is 9.90 Å². The Hall–Kier alpha value is -2.01. The highest BCUT2D eigenvalue weighted by atomic mass is 16.3. The minimum atomic E-state index is -0.585. The van der Waals surface area contributed by atoms with Crippen molar-refractivity contribution in [2.75, 3.05) is 11.9 Å². The van der Waals surface area contributed by atoms with Crippen molar-refractivity contribution in [2.24, 2.45) is 5.41 Å². The van der Waals surface area contributed by atoms with E-state index >= 15 is 0 Å². The molecule has 2 aromatic rings. The highest BCUT2D eigenvalue weighted by Gasteiger charge is 2.22.